The van der Waals surface area contributed by atoms with Crippen LogP contribution in [0.4, 0.5) is 0 Å². The van der Waals surface area contributed by atoms with Gasteiger partial charge >= 0.3 is 0 Å². The van der Waals surface area contributed by atoms with Crippen molar-refractivity contribution in [1.29, 1.82) is 0 Å². The molecule has 1 aliphatic rings. The Morgan fingerprint density at radius 1 is 1.67 bits per heavy atom. The molecular weight excluding hydrogens is 222 g/mol. The van der Waals surface area contributed by atoms with Crippen molar-refractivity contribution in [2.75, 3.05) is 20.3 Å². The van der Waals surface area contributed by atoms with Gasteiger partial charge in [0.25, 0.3) is 0 Å². The SMILES string of the molecule is COCC(=O)NCC1CC(Br)C1. The molecule has 0 aromatic rings. The first kappa shape index (κ1) is 9.99. The number of halogens is 1. The Bertz CT molecular complexity index is 157. The van der Waals surface area contributed by atoms with Gasteiger partial charge in [0, 0.05) is 18.5 Å². The maximum Gasteiger partial charge on any atom is 0.245 e. The summed E-state index contributed by atoms with van der Waals surface area (Å²) in [6, 6.07) is 0. The molecule has 12 heavy (non-hydrogen) atoms. The molecule has 70 valence electrons. The van der Waals surface area contributed by atoms with Gasteiger partial charge in [0.05, 0.1) is 0 Å². The second kappa shape index (κ2) is 4.82. The van der Waals surface area contributed by atoms with Gasteiger partial charge in [0.15, 0.2) is 0 Å². The van der Waals surface area contributed by atoms with E-state index in [1.165, 1.54) is 20.0 Å². The molecule has 1 saturated carbocycles. The number of carbonyl (C=O) groups excluding carboxylic acids is 1. The van der Waals surface area contributed by atoms with E-state index in [4.69, 9.17) is 0 Å². The second-order valence-corrected chi connectivity index (χ2v) is 4.47. The second-order valence-electron chi connectivity index (χ2n) is 3.17. The first-order valence-electron chi connectivity index (χ1n) is 4.12. The lowest BCUT2D eigenvalue weighted by atomic mass is 9.85. The van der Waals surface area contributed by atoms with E-state index in [1.807, 2.05) is 0 Å². The van der Waals surface area contributed by atoms with Gasteiger partial charge in [-0.05, 0) is 18.8 Å². The molecule has 1 N–H and O–H groups in total. The van der Waals surface area contributed by atoms with Crippen molar-refractivity contribution in [3.8, 4) is 0 Å². The Kier molecular flexibility index (Phi) is 4.01. The third-order valence-electron chi connectivity index (χ3n) is 2.04. The van der Waals surface area contributed by atoms with Crippen molar-refractivity contribution in [2.45, 2.75) is 17.7 Å². The molecule has 1 aliphatic carbocycles. The maximum atomic E-state index is 10.9. The normalized spacial score (nSPS) is 27.8. The molecular formula is C8H14BrNO2. The summed E-state index contributed by atoms with van der Waals surface area (Å²) in [5.74, 6) is 0.644. The average molecular weight is 236 g/mol. The predicted octanol–water partition coefficient (Wildman–Crippen LogP) is 0.922. The molecule has 0 aromatic heterocycles. The molecule has 0 unspecified atom stereocenters. The minimum absolute atomic E-state index is 0.0180. The lowest BCUT2D eigenvalue weighted by Crippen LogP contribution is -2.37. The highest BCUT2D eigenvalue weighted by atomic mass is 79.9. The highest BCUT2D eigenvalue weighted by Gasteiger charge is 2.26. The number of rotatable bonds is 4. The van der Waals surface area contributed by atoms with Crippen molar-refractivity contribution in [3.05, 3.63) is 0 Å². The van der Waals surface area contributed by atoms with Crippen LogP contribution in [0.5, 0.6) is 0 Å². The smallest absolute Gasteiger partial charge is 0.245 e. The fraction of sp³-hybridized carbons (Fsp3) is 0.875. The third-order valence-corrected chi connectivity index (χ3v) is 2.79. The van der Waals surface area contributed by atoms with Gasteiger partial charge < -0.3 is 10.1 Å². The minimum atomic E-state index is -0.0180. The number of carbonyl (C=O) groups is 1. The lowest BCUT2D eigenvalue weighted by Gasteiger charge is -2.31. The molecule has 0 aromatic carbocycles. The highest BCUT2D eigenvalue weighted by Crippen LogP contribution is 2.32. The number of amides is 1. The third kappa shape index (κ3) is 3.11. The first-order valence-corrected chi connectivity index (χ1v) is 5.03. The number of methoxy groups -OCH3 is 1. The summed E-state index contributed by atoms with van der Waals surface area (Å²) in [5, 5.41) is 2.82. The van der Waals surface area contributed by atoms with Crippen molar-refractivity contribution in [2.24, 2.45) is 5.92 Å². The summed E-state index contributed by atoms with van der Waals surface area (Å²) >= 11 is 3.50. The van der Waals surface area contributed by atoms with Gasteiger partial charge in [0.2, 0.25) is 5.91 Å². The Labute approximate surface area is 81.0 Å². The predicted molar refractivity (Wildman–Crippen MR) is 50.3 cm³/mol. The van der Waals surface area contributed by atoms with E-state index >= 15 is 0 Å². The van der Waals surface area contributed by atoms with E-state index in [2.05, 4.69) is 26.0 Å². The summed E-state index contributed by atoms with van der Waals surface area (Å²) in [5.41, 5.74) is 0. The fourth-order valence-electron chi connectivity index (χ4n) is 1.26. The largest absolute Gasteiger partial charge is 0.375 e. The zero-order chi connectivity index (χ0) is 8.97. The van der Waals surface area contributed by atoms with Crippen LogP contribution in [0.25, 0.3) is 0 Å². The number of hydrogen-bond acceptors (Lipinski definition) is 2. The van der Waals surface area contributed by atoms with Gasteiger partial charge in [-0.2, -0.15) is 0 Å². The van der Waals surface area contributed by atoms with Gasteiger partial charge in [-0.1, -0.05) is 15.9 Å². The molecule has 0 spiro atoms. The van der Waals surface area contributed by atoms with Gasteiger partial charge in [-0.3, -0.25) is 4.79 Å². The van der Waals surface area contributed by atoms with Crippen molar-refractivity contribution in [1.82, 2.24) is 5.32 Å². The Morgan fingerprint density at radius 2 is 2.33 bits per heavy atom. The quantitative estimate of drug-likeness (QED) is 0.737. The van der Waals surface area contributed by atoms with Crippen LogP contribution in [0, 0.1) is 5.92 Å². The zero-order valence-corrected chi connectivity index (χ0v) is 8.76. The molecule has 0 atom stereocenters. The maximum absolute atomic E-state index is 10.9. The summed E-state index contributed by atoms with van der Waals surface area (Å²) in [6.45, 7) is 0.967. The first-order chi connectivity index (χ1) is 5.72. The molecule has 0 aliphatic heterocycles. The number of alkyl halides is 1. The summed E-state index contributed by atoms with van der Waals surface area (Å²) in [7, 11) is 1.53. The van der Waals surface area contributed by atoms with Crippen molar-refractivity contribution in [3.63, 3.8) is 0 Å². The zero-order valence-electron chi connectivity index (χ0n) is 7.18. The van der Waals surface area contributed by atoms with E-state index < -0.39 is 0 Å². The van der Waals surface area contributed by atoms with Crippen LogP contribution < -0.4 is 5.32 Å². The Hall–Kier alpha value is -0.0900. The average Bonchev–Trinajstić information content (AvgIpc) is 1.96. The molecule has 1 rings (SSSR count). The highest BCUT2D eigenvalue weighted by molar-refractivity contribution is 9.09. The molecule has 0 bridgehead atoms. The van der Waals surface area contributed by atoms with Crippen LogP contribution in [-0.4, -0.2) is 31.0 Å². The van der Waals surface area contributed by atoms with Crippen LogP contribution in [-0.2, 0) is 9.53 Å². The minimum Gasteiger partial charge on any atom is -0.375 e. The van der Waals surface area contributed by atoms with Crippen LogP contribution in [0.15, 0.2) is 0 Å². The monoisotopic (exact) mass is 235 g/mol. The van der Waals surface area contributed by atoms with Gasteiger partial charge in [-0.15, -0.1) is 0 Å². The molecule has 4 heteroatoms. The number of ether oxygens (including phenoxy) is 1. The van der Waals surface area contributed by atoms with Crippen LogP contribution in [0.3, 0.4) is 0 Å². The molecule has 0 radical (unpaired) electrons. The molecule has 1 amide bonds. The molecule has 1 fully saturated rings. The topological polar surface area (TPSA) is 38.3 Å². The van der Waals surface area contributed by atoms with Gasteiger partial charge in [-0.25, -0.2) is 0 Å². The Balaban J connectivity index is 1.98. The van der Waals surface area contributed by atoms with E-state index in [-0.39, 0.29) is 12.5 Å². The van der Waals surface area contributed by atoms with E-state index in [1.54, 1.807) is 0 Å². The summed E-state index contributed by atoms with van der Waals surface area (Å²) in [4.78, 5) is 11.6. The molecule has 3 nitrogen and oxygen atoms in total. The molecule has 0 heterocycles. The fourth-order valence-corrected chi connectivity index (χ4v) is 2.32. The molecule has 0 saturated heterocycles. The number of hydrogen-bond donors (Lipinski definition) is 1. The number of nitrogens with one attached hydrogen (secondary N) is 1. The van der Waals surface area contributed by atoms with Crippen LogP contribution in [0.1, 0.15) is 12.8 Å². The van der Waals surface area contributed by atoms with Crippen LogP contribution >= 0.6 is 15.9 Å². The van der Waals surface area contributed by atoms with E-state index in [9.17, 15) is 4.79 Å². The van der Waals surface area contributed by atoms with Crippen LogP contribution in [0.2, 0.25) is 0 Å². The van der Waals surface area contributed by atoms with E-state index in [0.29, 0.717) is 10.7 Å². The summed E-state index contributed by atoms with van der Waals surface area (Å²) in [6.07, 6.45) is 2.35. The Morgan fingerprint density at radius 3 is 2.83 bits per heavy atom. The standard InChI is InChI=1S/C8H14BrNO2/c1-12-5-8(11)10-4-6-2-7(9)3-6/h6-7H,2-5H2,1H3,(H,10,11). The van der Waals surface area contributed by atoms with Crippen molar-refractivity contribution >= 4 is 21.8 Å². The van der Waals surface area contributed by atoms with E-state index in [0.717, 1.165) is 6.54 Å². The van der Waals surface area contributed by atoms with Crippen molar-refractivity contribution < 1.29 is 9.53 Å². The lowest BCUT2D eigenvalue weighted by molar-refractivity contribution is -0.125. The van der Waals surface area contributed by atoms with Gasteiger partial charge in [0.1, 0.15) is 6.61 Å². The summed E-state index contributed by atoms with van der Waals surface area (Å²) < 4.78 is 4.69.